The van der Waals surface area contributed by atoms with E-state index >= 15 is 0 Å². The number of nitrogens with zero attached hydrogens (tertiary/aromatic N) is 1. The van der Waals surface area contributed by atoms with E-state index in [0.29, 0.717) is 23.0 Å². The maximum atomic E-state index is 12.2. The molecule has 1 unspecified atom stereocenters. The van der Waals surface area contributed by atoms with Crippen molar-refractivity contribution >= 4 is 21.8 Å². The van der Waals surface area contributed by atoms with Crippen molar-refractivity contribution in [3.63, 3.8) is 0 Å². The van der Waals surface area contributed by atoms with Gasteiger partial charge in [0.15, 0.2) is 10.4 Å². The summed E-state index contributed by atoms with van der Waals surface area (Å²) >= 11 is 3.22. The van der Waals surface area contributed by atoms with E-state index in [1.54, 1.807) is 12.1 Å². The topological polar surface area (TPSA) is 45.5 Å². The van der Waals surface area contributed by atoms with E-state index in [-0.39, 0.29) is 5.91 Å². The number of carbonyl (C=O) groups is 1. The first-order valence-electron chi connectivity index (χ1n) is 6.48. The second-order valence-electron chi connectivity index (χ2n) is 4.59. The van der Waals surface area contributed by atoms with E-state index in [1.165, 1.54) is 12.8 Å². The molecule has 2 heterocycles. The van der Waals surface area contributed by atoms with Gasteiger partial charge in [-0.1, -0.05) is 6.42 Å². The van der Waals surface area contributed by atoms with Gasteiger partial charge in [-0.05, 0) is 54.4 Å². The lowest BCUT2D eigenvalue weighted by atomic mass is 10.0. The summed E-state index contributed by atoms with van der Waals surface area (Å²) in [7, 11) is 0. The summed E-state index contributed by atoms with van der Waals surface area (Å²) in [5.41, 5.74) is 0. The largest absolute Gasteiger partial charge is 0.444 e. The molecule has 1 fully saturated rings. The minimum Gasteiger partial charge on any atom is -0.444 e. The van der Waals surface area contributed by atoms with Crippen molar-refractivity contribution in [1.29, 1.82) is 0 Å². The lowest BCUT2D eigenvalue weighted by Gasteiger charge is -2.29. The summed E-state index contributed by atoms with van der Waals surface area (Å²) in [6.45, 7) is 4.52. The molecule has 1 N–H and O–H groups in total. The number of likely N-dealkylation sites (N-methyl/N-ethyl adjacent to an activating group) is 1. The summed E-state index contributed by atoms with van der Waals surface area (Å²) in [5.74, 6) is 0.370. The third kappa shape index (κ3) is 3.36. The van der Waals surface area contributed by atoms with Crippen LogP contribution in [0.5, 0.6) is 0 Å². The highest BCUT2D eigenvalue weighted by molar-refractivity contribution is 9.10. The number of amides is 1. The molecule has 1 aromatic heterocycles. The van der Waals surface area contributed by atoms with Gasteiger partial charge in [-0.15, -0.1) is 0 Å². The number of hydrogen-bond acceptors (Lipinski definition) is 3. The first kappa shape index (κ1) is 13.6. The standard InChI is InChI=1S/C13H19BrN2O2/c1-2-16(9-10-5-3-4-8-15-10)13(17)11-6-7-12(14)18-11/h6-7,10,15H,2-5,8-9H2,1H3. The highest BCUT2D eigenvalue weighted by atomic mass is 79.9. The Bertz CT molecular complexity index is 399. The van der Waals surface area contributed by atoms with Crippen LogP contribution < -0.4 is 5.32 Å². The summed E-state index contributed by atoms with van der Waals surface area (Å²) in [6.07, 6.45) is 3.63. The Morgan fingerprint density at radius 2 is 2.39 bits per heavy atom. The number of nitrogens with one attached hydrogen (secondary N) is 1. The molecular formula is C13H19BrN2O2. The Kier molecular flexibility index (Phi) is 4.83. The molecular weight excluding hydrogens is 296 g/mol. The molecule has 1 aromatic rings. The highest BCUT2D eigenvalue weighted by Crippen LogP contribution is 2.17. The first-order valence-corrected chi connectivity index (χ1v) is 7.28. The fraction of sp³-hybridized carbons (Fsp3) is 0.615. The van der Waals surface area contributed by atoms with Gasteiger partial charge in [0.25, 0.3) is 5.91 Å². The molecule has 5 heteroatoms. The number of piperidine rings is 1. The van der Waals surface area contributed by atoms with Gasteiger partial charge in [0.05, 0.1) is 0 Å². The lowest BCUT2D eigenvalue weighted by Crippen LogP contribution is -2.45. The lowest BCUT2D eigenvalue weighted by molar-refractivity contribution is 0.0708. The molecule has 1 aliphatic heterocycles. The normalized spacial score (nSPS) is 19.8. The predicted molar refractivity (Wildman–Crippen MR) is 73.6 cm³/mol. The molecule has 2 rings (SSSR count). The van der Waals surface area contributed by atoms with E-state index in [1.807, 2.05) is 11.8 Å². The molecule has 4 nitrogen and oxygen atoms in total. The molecule has 1 atom stereocenters. The Labute approximate surface area is 116 Å². The zero-order chi connectivity index (χ0) is 13.0. The molecule has 18 heavy (non-hydrogen) atoms. The van der Waals surface area contributed by atoms with Gasteiger partial charge in [-0.3, -0.25) is 4.79 Å². The van der Waals surface area contributed by atoms with Crippen LogP contribution in [-0.4, -0.2) is 36.5 Å². The second kappa shape index (κ2) is 6.38. The average molecular weight is 315 g/mol. The van der Waals surface area contributed by atoms with Crippen molar-refractivity contribution in [1.82, 2.24) is 10.2 Å². The number of carbonyl (C=O) groups excluding carboxylic acids is 1. The van der Waals surface area contributed by atoms with Gasteiger partial charge < -0.3 is 14.6 Å². The summed E-state index contributed by atoms with van der Waals surface area (Å²) in [4.78, 5) is 14.1. The van der Waals surface area contributed by atoms with Crippen LogP contribution in [0.3, 0.4) is 0 Å². The Morgan fingerprint density at radius 3 is 2.94 bits per heavy atom. The third-order valence-corrected chi connectivity index (χ3v) is 3.73. The fourth-order valence-corrected chi connectivity index (χ4v) is 2.59. The van der Waals surface area contributed by atoms with Crippen LogP contribution in [0.15, 0.2) is 21.2 Å². The van der Waals surface area contributed by atoms with Crippen LogP contribution in [-0.2, 0) is 0 Å². The number of furan rings is 1. The van der Waals surface area contributed by atoms with E-state index in [9.17, 15) is 4.79 Å². The van der Waals surface area contributed by atoms with Crippen molar-refractivity contribution in [2.24, 2.45) is 0 Å². The fourth-order valence-electron chi connectivity index (χ4n) is 2.29. The minimum atomic E-state index is -0.0319. The zero-order valence-electron chi connectivity index (χ0n) is 10.6. The number of rotatable bonds is 4. The second-order valence-corrected chi connectivity index (χ2v) is 5.38. The van der Waals surface area contributed by atoms with Gasteiger partial charge in [0.2, 0.25) is 0 Å². The SMILES string of the molecule is CCN(CC1CCCCN1)C(=O)c1ccc(Br)o1. The molecule has 0 aromatic carbocycles. The Balaban J connectivity index is 1.97. The molecule has 100 valence electrons. The smallest absolute Gasteiger partial charge is 0.289 e. The molecule has 0 saturated carbocycles. The van der Waals surface area contributed by atoms with E-state index < -0.39 is 0 Å². The monoisotopic (exact) mass is 314 g/mol. The van der Waals surface area contributed by atoms with Crippen LogP contribution in [0.1, 0.15) is 36.7 Å². The molecule has 0 bridgehead atoms. The van der Waals surface area contributed by atoms with E-state index in [2.05, 4.69) is 21.2 Å². The molecule has 1 amide bonds. The number of halogens is 1. The van der Waals surface area contributed by atoms with Crippen LogP contribution in [0.25, 0.3) is 0 Å². The van der Waals surface area contributed by atoms with Crippen LogP contribution in [0.4, 0.5) is 0 Å². The molecule has 0 aliphatic carbocycles. The minimum absolute atomic E-state index is 0.0319. The molecule has 0 spiro atoms. The Hall–Kier alpha value is -0.810. The predicted octanol–water partition coefficient (Wildman–Crippen LogP) is 2.65. The molecule has 0 radical (unpaired) electrons. The highest BCUT2D eigenvalue weighted by Gasteiger charge is 2.22. The van der Waals surface area contributed by atoms with Crippen molar-refractivity contribution in [3.05, 3.63) is 22.6 Å². The van der Waals surface area contributed by atoms with Crippen LogP contribution in [0, 0.1) is 0 Å². The quantitative estimate of drug-likeness (QED) is 0.929. The number of hydrogen-bond donors (Lipinski definition) is 1. The van der Waals surface area contributed by atoms with Crippen LogP contribution in [0.2, 0.25) is 0 Å². The summed E-state index contributed by atoms with van der Waals surface area (Å²) in [5, 5.41) is 3.46. The molecule has 1 aliphatic rings. The maximum Gasteiger partial charge on any atom is 0.289 e. The van der Waals surface area contributed by atoms with E-state index in [4.69, 9.17) is 4.42 Å². The van der Waals surface area contributed by atoms with Crippen molar-refractivity contribution in [3.8, 4) is 0 Å². The third-order valence-electron chi connectivity index (χ3n) is 3.31. The van der Waals surface area contributed by atoms with Gasteiger partial charge in [-0.2, -0.15) is 0 Å². The first-order chi connectivity index (χ1) is 8.70. The van der Waals surface area contributed by atoms with Crippen molar-refractivity contribution in [2.75, 3.05) is 19.6 Å². The van der Waals surface area contributed by atoms with Gasteiger partial charge >= 0.3 is 0 Å². The van der Waals surface area contributed by atoms with E-state index in [0.717, 1.165) is 19.5 Å². The Morgan fingerprint density at radius 1 is 1.56 bits per heavy atom. The van der Waals surface area contributed by atoms with Crippen molar-refractivity contribution < 1.29 is 9.21 Å². The van der Waals surface area contributed by atoms with Crippen LogP contribution >= 0.6 is 15.9 Å². The van der Waals surface area contributed by atoms with Gasteiger partial charge in [0, 0.05) is 19.1 Å². The van der Waals surface area contributed by atoms with Crippen molar-refractivity contribution in [2.45, 2.75) is 32.2 Å². The summed E-state index contributed by atoms with van der Waals surface area (Å²) in [6, 6.07) is 3.88. The van der Waals surface area contributed by atoms with Gasteiger partial charge in [-0.25, -0.2) is 0 Å². The average Bonchev–Trinajstić information content (AvgIpc) is 2.83. The zero-order valence-corrected chi connectivity index (χ0v) is 12.2. The molecule has 1 saturated heterocycles. The maximum absolute atomic E-state index is 12.2. The summed E-state index contributed by atoms with van der Waals surface area (Å²) < 4.78 is 5.92. The van der Waals surface area contributed by atoms with Gasteiger partial charge in [0.1, 0.15) is 0 Å².